The number of benzene rings is 1. The van der Waals surface area contributed by atoms with E-state index in [2.05, 4.69) is 21.7 Å². The van der Waals surface area contributed by atoms with Crippen molar-refractivity contribution >= 4 is 26.8 Å². The molecule has 1 atom stereocenters. The molecule has 2 saturated heterocycles. The fraction of sp³-hybridized carbons (Fsp3) is 0.609. The molecule has 2 aliphatic rings. The summed E-state index contributed by atoms with van der Waals surface area (Å²) < 4.78 is 35.5. The van der Waals surface area contributed by atoms with Crippen LogP contribution < -0.4 is 5.32 Å². The van der Waals surface area contributed by atoms with Crippen molar-refractivity contribution < 1.29 is 17.9 Å². The maximum absolute atomic E-state index is 13.3. The van der Waals surface area contributed by atoms with Crippen LogP contribution in [0.2, 0.25) is 0 Å². The molecule has 1 aromatic carbocycles. The molecule has 32 heavy (non-hydrogen) atoms. The van der Waals surface area contributed by atoms with Crippen molar-refractivity contribution in [1.29, 1.82) is 0 Å². The Morgan fingerprint density at radius 2 is 2.00 bits per heavy atom. The Morgan fingerprint density at radius 3 is 2.78 bits per heavy atom. The second-order valence-corrected chi connectivity index (χ2v) is 10.6. The smallest absolute Gasteiger partial charge is 0.243 e. The summed E-state index contributed by atoms with van der Waals surface area (Å²) in [6.07, 6.45) is 4.28. The van der Waals surface area contributed by atoms with Gasteiger partial charge in [-0.2, -0.15) is 4.31 Å². The molecular formula is C23H34N4O4S. The number of rotatable bonds is 8. The predicted octanol–water partition coefficient (Wildman–Crippen LogP) is 1.90. The number of piperidine rings is 1. The fourth-order valence-electron chi connectivity index (χ4n) is 4.62. The van der Waals surface area contributed by atoms with Gasteiger partial charge >= 0.3 is 0 Å². The topological polar surface area (TPSA) is 83.9 Å². The van der Waals surface area contributed by atoms with Crippen LogP contribution in [0.3, 0.4) is 0 Å². The molecule has 2 aliphatic heterocycles. The number of sulfonamides is 1. The number of nitrogens with zero attached hydrogens (tertiary/aromatic N) is 3. The van der Waals surface area contributed by atoms with Crippen LogP contribution in [0.15, 0.2) is 35.4 Å². The maximum Gasteiger partial charge on any atom is 0.243 e. The van der Waals surface area contributed by atoms with E-state index in [1.165, 1.54) is 4.31 Å². The average molecular weight is 463 g/mol. The summed E-state index contributed by atoms with van der Waals surface area (Å²) in [6.45, 7) is 8.59. The van der Waals surface area contributed by atoms with Gasteiger partial charge in [0.25, 0.3) is 0 Å². The van der Waals surface area contributed by atoms with E-state index in [0.29, 0.717) is 24.4 Å². The van der Waals surface area contributed by atoms with Gasteiger partial charge in [-0.25, -0.2) is 8.42 Å². The highest BCUT2D eigenvalue weighted by Crippen LogP contribution is 2.27. The molecule has 1 N–H and O–H groups in total. The SMILES string of the molecule is CCn1ccc2cc(S(=O)(=O)N3CCCC(C(=O)NCCCN4CCOCC4)C3)ccc21. The lowest BCUT2D eigenvalue weighted by Crippen LogP contribution is -2.45. The Morgan fingerprint density at radius 1 is 1.19 bits per heavy atom. The van der Waals surface area contributed by atoms with E-state index in [1.54, 1.807) is 12.1 Å². The summed E-state index contributed by atoms with van der Waals surface area (Å²) in [7, 11) is -3.63. The lowest BCUT2D eigenvalue weighted by Gasteiger charge is -2.31. The molecule has 0 bridgehead atoms. The first-order chi connectivity index (χ1) is 15.5. The zero-order valence-electron chi connectivity index (χ0n) is 18.8. The Hall–Kier alpha value is -1.94. The van der Waals surface area contributed by atoms with Gasteiger partial charge in [0.15, 0.2) is 0 Å². The van der Waals surface area contributed by atoms with E-state index in [-0.39, 0.29) is 18.4 Å². The molecule has 0 saturated carbocycles. The van der Waals surface area contributed by atoms with E-state index >= 15 is 0 Å². The highest BCUT2D eigenvalue weighted by atomic mass is 32.2. The molecule has 2 aromatic rings. The molecule has 1 aromatic heterocycles. The van der Waals surface area contributed by atoms with Gasteiger partial charge in [-0.3, -0.25) is 9.69 Å². The van der Waals surface area contributed by atoms with Crippen molar-refractivity contribution in [2.75, 3.05) is 52.5 Å². The van der Waals surface area contributed by atoms with Gasteiger partial charge < -0.3 is 14.6 Å². The van der Waals surface area contributed by atoms with Crippen molar-refractivity contribution in [1.82, 2.24) is 19.1 Å². The van der Waals surface area contributed by atoms with Crippen LogP contribution in [0.5, 0.6) is 0 Å². The third kappa shape index (κ3) is 5.17. The summed E-state index contributed by atoms with van der Waals surface area (Å²) in [5.41, 5.74) is 1.03. The summed E-state index contributed by atoms with van der Waals surface area (Å²) in [4.78, 5) is 15.3. The van der Waals surface area contributed by atoms with Crippen LogP contribution in [0, 0.1) is 5.92 Å². The normalized spacial score (nSPS) is 21.1. The predicted molar refractivity (Wildman–Crippen MR) is 124 cm³/mol. The molecule has 4 rings (SSSR count). The number of carbonyl (C=O) groups excluding carboxylic acids is 1. The van der Waals surface area contributed by atoms with Gasteiger partial charge in [0.2, 0.25) is 15.9 Å². The molecule has 9 heteroatoms. The zero-order chi connectivity index (χ0) is 22.6. The summed E-state index contributed by atoms with van der Waals surface area (Å²) >= 11 is 0. The molecule has 176 valence electrons. The largest absolute Gasteiger partial charge is 0.379 e. The number of fused-ring (bicyclic) bond motifs is 1. The number of hydrogen-bond acceptors (Lipinski definition) is 5. The van der Waals surface area contributed by atoms with E-state index in [0.717, 1.165) is 63.1 Å². The van der Waals surface area contributed by atoms with Crippen molar-refractivity contribution in [3.05, 3.63) is 30.5 Å². The van der Waals surface area contributed by atoms with E-state index < -0.39 is 10.0 Å². The quantitative estimate of drug-likeness (QED) is 0.606. The van der Waals surface area contributed by atoms with Crippen LogP contribution in [-0.4, -0.2) is 80.6 Å². The van der Waals surface area contributed by atoms with Crippen LogP contribution in [0.1, 0.15) is 26.2 Å². The molecule has 0 spiro atoms. The molecule has 1 amide bonds. The van der Waals surface area contributed by atoms with Gasteiger partial charge in [0.1, 0.15) is 0 Å². The van der Waals surface area contributed by atoms with E-state index in [9.17, 15) is 13.2 Å². The number of hydrogen-bond donors (Lipinski definition) is 1. The van der Waals surface area contributed by atoms with Crippen LogP contribution in [0.4, 0.5) is 0 Å². The van der Waals surface area contributed by atoms with Gasteiger partial charge in [-0.05, 0) is 57.0 Å². The Kier molecular flexibility index (Phi) is 7.50. The third-order valence-electron chi connectivity index (χ3n) is 6.53. The number of amides is 1. The summed E-state index contributed by atoms with van der Waals surface area (Å²) in [5.74, 6) is -0.339. The Labute approximate surface area is 190 Å². The zero-order valence-corrected chi connectivity index (χ0v) is 19.6. The number of ether oxygens (including phenoxy) is 1. The molecule has 1 unspecified atom stereocenters. The first kappa shape index (κ1) is 23.2. The molecular weight excluding hydrogens is 428 g/mol. The average Bonchev–Trinajstić information content (AvgIpc) is 3.25. The molecule has 2 fully saturated rings. The first-order valence-electron chi connectivity index (χ1n) is 11.7. The van der Waals surface area contributed by atoms with E-state index in [4.69, 9.17) is 4.74 Å². The maximum atomic E-state index is 13.3. The summed E-state index contributed by atoms with van der Waals surface area (Å²) in [5, 5.41) is 3.93. The minimum atomic E-state index is -3.63. The van der Waals surface area contributed by atoms with Crippen LogP contribution in [-0.2, 0) is 26.1 Å². The standard InChI is InChI=1S/C23H34N4O4S/c1-2-26-12-8-19-17-21(6-7-22(19)26)32(29,30)27-11-3-5-20(18-27)23(28)24-9-4-10-25-13-15-31-16-14-25/h6-8,12,17,20H,2-5,9-11,13-16,18H2,1H3,(H,24,28). The number of aromatic nitrogens is 1. The lowest BCUT2D eigenvalue weighted by atomic mass is 9.99. The van der Waals surface area contributed by atoms with Crippen LogP contribution >= 0.6 is 0 Å². The van der Waals surface area contributed by atoms with Crippen LogP contribution in [0.25, 0.3) is 10.9 Å². The van der Waals surface area contributed by atoms with Crippen molar-refractivity contribution in [3.63, 3.8) is 0 Å². The Balaban J connectivity index is 1.33. The van der Waals surface area contributed by atoms with E-state index in [1.807, 2.05) is 18.3 Å². The molecule has 0 aliphatic carbocycles. The Bertz CT molecular complexity index is 1030. The van der Waals surface area contributed by atoms with Crippen molar-refractivity contribution in [2.24, 2.45) is 5.92 Å². The van der Waals surface area contributed by atoms with Gasteiger partial charge in [-0.15, -0.1) is 0 Å². The highest BCUT2D eigenvalue weighted by Gasteiger charge is 2.33. The number of nitrogens with one attached hydrogen (secondary N) is 1. The van der Waals surface area contributed by atoms with Gasteiger partial charge in [0, 0.05) is 56.4 Å². The monoisotopic (exact) mass is 462 g/mol. The fourth-order valence-corrected chi connectivity index (χ4v) is 6.18. The summed E-state index contributed by atoms with van der Waals surface area (Å²) in [6, 6.07) is 7.24. The second-order valence-electron chi connectivity index (χ2n) is 8.62. The third-order valence-corrected chi connectivity index (χ3v) is 8.39. The number of morpholine rings is 1. The first-order valence-corrected chi connectivity index (χ1v) is 13.1. The molecule has 0 radical (unpaired) electrons. The number of aryl methyl sites for hydroxylation is 1. The molecule has 8 nitrogen and oxygen atoms in total. The lowest BCUT2D eigenvalue weighted by molar-refractivity contribution is -0.126. The van der Waals surface area contributed by atoms with Gasteiger partial charge in [-0.1, -0.05) is 0 Å². The molecule has 3 heterocycles. The van der Waals surface area contributed by atoms with Crippen molar-refractivity contribution in [3.8, 4) is 0 Å². The minimum Gasteiger partial charge on any atom is -0.379 e. The minimum absolute atomic E-state index is 0.0395. The van der Waals surface area contributed by atoms with Gasteiger partial charge in [0.05, 0.1) is 24.0 Å². The number of carbonyl (C=O) groups is 1. The van der Waals surface area contributed by atoms with Crippen molar-refractivity contribution in [2.45, 2.75) is 37.6 Å². The second kappa shape index (κ2) is 10.3. The highest BCUT2D eigenvalue weighted by molar-refractivity contribution is 7.89.